The number of anilines is 1. The largest absolute Gasteiger partial charge is 0.545 e. The molecule has 11 heteroatoms. The first kappa shape index (κ1) is 20.1. The summed E-state index contributed by atoms with van der Waals surface area (Å²) in [5, 5.41) is 26.8. The highest BCUT2D eigenvalue weighted by molar-refractivity contribution is 7.80. The SMILES string of the molecule is COc1ccc(C(=O)NC(=S)Nc2cc(C(=O)[O-])ccc2Cl)cc1[N+](=O)[O-]. The Morgan fingerprint density at radius 1 is 1.19 bits per heavy atom. The van der Waals surface area contributed by atoms with E-state index in [0.29, 0.717) is 0 Å². The second-order valence-electron chi connectivity index (χ2n) is 5.03. The molecule has 2 N–H and O–H groups in total. The van der Waals surface area contributed by atoms with Crippen molar-refractivity contribution < 1.29 is 24.4 Å². The lowest BCUT2D eigenvalue weighted by Gasteiger charge is -2.13. The van der Waals surface area contributed by atoms with Crippen molar-refractivity contribution in [1.82, 2.24) is 5.32 Å². The van der Waals surface area contributed by atoms with Crippen LogP contribution in [0.15, 0.2) is 36.4 Å². The van der Waals surface area contributed by atoms with E-state index in [9.17, 15) is 24.8 Å². The van der Waals surface area contributed by atoms with E-state index in [1.165, 1.54) is 37.4 Å². The molecule has 0 spiro atoms. The first-order chi connectivity index (χ1) is 12.7. The van der Waals surface area contributed by atoms with Gasteiger partial charge in [-0.2, -0.15) is 0 Å². The molecule has 9 nitrogen and oxygen atoms in total. The first-order valence-electron chi connectivity index (χ1n) is 7.18. The Morgan fingerprint density at radius 3 is 2.44 bits per heavy atom. The molecule has 0 fully saturated rings. The third-order valence-electron chi connectivity index (χ3n) is 3.32. The summed E-state index contributed by atoms with van der Waals surface area (Å²) in [5.74, 6) is -2.12. The predicted octanol–water partition coefficient (Wildman–Crippen LogP) is 1.75. The zero-order chi connectivity index (χ0) is 20.1. The summed E-state index contributed by atoms with van der Waals surface area (Å²) in [6.07, 6.45) is 0. The number of carbonyl (C=O) groups is 2. The third kappa shape index (κ3) is 4.90. The maximum absolute atomic E-state index is 12.2. The number of nitro groups is 1. The number of thiocarbonyl (C=S) groups is 1. The summed E-state index contributed by atoms with van der Waals surface area (Å²) in [5.41, 5.74) is -0.402. The average Bonchev–Trinajstić information content (AvgIpc) is 2.62. The lowest BCUT2D eigenvalue weighted by atomic mass is 10.1. The molecule has 0 saturated heterocycles. The Labute approximate surface area is 163 Å². The Hall–Kier alpha value is -3.24. The number of carbonyl (C=O) groups excluding carboxylic acids is 2. The molecule has 0 heterocycles. The fourth-order valence-electron chi connectivity index (χ4n) is 2.05. The molecular formula is C16H11ClN3O6S-. The molecule has 0 radical (unpaired) electrons. The number of rotatable bonds is 5. The number of nitrogens with one attached hydrogen (secondary N) is 2. The van der Waals surface area contributed by atoms with Crippen LogP contribution in [0.3, 0.4) is 0 Å². The molecule has 0 atom stereocenters. The molecule has 0 aliphatic carbocycles. The van der Waals surface area contributed by atoms with Gasteiger partial charge in [0.2, 0.25) is 0 Å². The summed E-state index contributed by atoms with van der Waals surface area (Å²) < 4.78 is 4.87. The van der Waals surface area contributed by atoms with Crippen LogP contribution < -0.4 is 20.5 Å². The van der Waals surface area contributed by atoms with Crippen LogP contribution in [-0.4, -0.2) is 29.0 Å². The Bertz CT molecular complexity index is 950. The fourth-order valence-corrected chi connectivity index (χ4v) is 2.42. The molecule has 0 aliphatic rings. The zero-order valence-electron chi connectivity index (χ0n) is 13.6. The van der Waals surface area contributed by atoms with Crippen molar-refractivity contribution in [3.05, 3.63) is 62.7 Å². The van der Waals surface area contributed by atoms with E-state index in [0.717, 1.165) is 6.07 Å². The minimum atomic E-state index is -1.41. The van der Waals surface area contributed by atoms with Gasteiger partial charge in [0.05, 0.1) is 28.7 Å². The van der Waals surface area contributed by atoms with Crippen LogP contribution in [0.5, 0.6) is 5.75 Å². The summed E-state index contributed by atoms with van der Waals surface area (Å²) in [6, 6.07) is 7.42. The number of amides is 1. The highest BCUT2D eigenvalue weighted by Gasteiger charge is 2.19. The van der Waals surface area contributed by atoms with E-state index >= 15 is 0 Å². The van der Waals surface area contributed by atoms with Crippen molar-refractivity contribution in [3.8, 4) is 5.75 Å². The smallest absolute Gasteiger partial charge is 0.311 e. The molecule has 0 bridgehead atoms. The summed E-state index contributed by atoms with van der Waals surface area (Å²) >= 11 is 10.9. The average molecular weight is 409 g/mol. The van der Waals surface area contributed by atoms with Gasteiger partial charge < -0.3 is 20.0 Å². The number of hydrogen-bond acceptors (Lipinski definition) is 7. The van der Waals surface area contributed by atoms with Crippen molar-refractivity contribution in [3.63, 3.8) is 0 Å². The molecule has 0 saturated carbocycles. The van der Waals surface area contributed by atoms with Gasteiger partial charge in [0.25, 0.3) is 5.91 Å². The van der Waals surface area contributed by atoms with Gasteiger partial charge in [-0.1, -0.05) is 17.7 Å². The molecule has 1 amide bonds. The second-order valence-corrected chi connectivity index (χ2v) is 5.85. The van der Waals surface area contributed by atoms with Crippen LogP contribution in [0.4, 0.5) is 11.4 Å². The number of benzene rings is 2. The minimum absolute atomic E-state index is 0.00290. The molecule has 2 rings (SSSR count). The number of nitrogens with zero attached hydrogens (tertiary/aromatic N) is 1. The number of halogens is 1. The first-order valence-corrected chi connectivity index (χ1v) is 7.97. The lowest BCUT2D eigenvalue weighted by molar-refractivity contribution is -0.385. The summed E-state index contributed by atoms with van der Waals surface area (Å²) in [6.45, 7) is 0. The standard InChI is InChI=1S/C16H12ClN3O6S/c1-26-13-5-3-8(7-12(13)20(24)25)14(21)19-16(27)18-11-6-9(15(22)23)2-4-10(11)17/h2-7H,1H3,(H,22,23)(H2,18,19,21,27)/p-1. The monoisotopic (exact) mass is 408 g/mol. The van der Waals surface area contributed by atoms with Crippen LogP contribution in [0, 0.1) is 10.1 Å². The fraction of sp³-hybridized carbons (Fsp3) is 0.0625. The topological polar surface area (TPSA) is 134 Å². The molecule has 2 aromatic carbocycles. The molecule has 0 aliphatic heterocycles. The van der Waals surface area contributed by atoms with Gasteiger partial charge in [-0.3, -0.25) is 20.2 Å². The second kappa shape index (κ2) is 8.43. The number of ether oxygens (including phenoxy) is 1. The molecular weight excluding hydrogens is 398 g/mol. The zero-order valence-corrected chi connectivity index (χ0v) is 15.2. The van der Waals surface area contributed by atoms with Crippen molar-refractivity contribution in [2.24, 2.45) is 0 Å². The van der Waals surface area contributed by atoms with Crippen molar-refractivity contribution >= 4 is 52.2 Å². The van der Waals surface area contributed by atoms with E-state index in [2.05, 4.69) is 10.6 Å². The van der Waals surface area contributed by atoms with Crippen LogP contribution in [0.25, 0.3) is 0 Å². The maximum Gasteiger partial charge on any atom is 0.311 e. The number of methoxy groups -OCH3 is 1. The van der Waals surface area contributed by atoms with Crippen LogP contribution in [-0.2, 0) is 0 Å². The van der Waals surface area contributed by atoms with E-state index in [1.807, 2.05) is 0 Å². The van der Waals surface area contributed by atoms with Crippen molar-refractivity contribution in [1.29, 1.82) is 0 Å². The van der Waals surface area contributed by atoms with Crippen molar-refractivity contribution in [2.45, 2.75) is 0 Å². The van der Waals surface area contributed by atoms with E-state index < -0.39 is 16.8 Å². The van der Waals surface area contributed by atoms with Crippen LogP contribution in [0.2, 0.25) is 5.02 Å². The number of carboxylic acid groups (broad SMARTS) is 1. The Kier molecular flexibility index (Phi) is 6.27. The van der Waals surface area contributed by atoms with Gasteiger partial charge in [-0.05, 0) is 42.0 Å². The summed E-state index contributed by atoms with van der Waals surface area (Å²) in [7, 11) is 1.27. The van der Waals surface area contributed by atoms with Crippen molar-refractivity contribution in [2.75, 3.05) is 12.4 Å². The quantitative estimate of drug-likeness (QED) is 0.434. The van der Waals surface area contributed by atoms with Crippen LogP contribution >= 0.6 is 23.8 Å². The summed E-state index contributed by atoms with van der Waals surface area (Å²) in [4.78, 5) is 33.5. The Morgan fingerprint density at radius 2 is 1.85 bits per heavy atom. The molecule has 27 heavy (non-hydrogen) atoms. The van der Waals surface area contributed by atoms with Gasteiger partial charge >= 0.3 is 5.69 Å². The highest BCUT2D eigenvalue weighted by Crippen LogP contribution is 2.27. The lowest BCUT2D eigenvalue weighted by Crippen LogP contribution is -2.34. The number of carboxylic acids is 1. The minimum Gasteiger partial charge on any atom is -0.545 e. The predicted molar refractivity (Wildman–Crippen MR) is 99.1 cm³/mol. The van der Waals surface area contributed by atoms with E-state index in [-0.39, 0.29) is 38.4 Å². The number of aromatic carboxylic acids is 1. The van der Waals surface area contributed by atoms with Gasteiger partial charge in [-0.15, -0.1) is 0 Å². The molecule has 2 aromatic rings. The van der Waals surface area contributed by atoms with E-state index in [4.69, 9.17) is 28.6 Å². The van der Waals surface area contributed by atoms with Crippen LogP contribution in [0.1, 0.15) is 20.7 Å². The van der Waals surface area contributed by atoms with Gasteiger partial charge in [0.15, 0.2) is 10.9 Å². The van der Waals surface area contributed by atoms with Gasteiger partial charge in [0, 0.05) is 11.6 Å². The Balaban J connectivity index is 2.16. The van der Waals surface area contributed by atoms with Gasteiger partial charge in [-0.25, -0.2) is 0 Å². The molecule has 140 valence electrons. The van der Waals surface area contributed by atoms with Gasteiger partial charge in [0.1, 0.15) is 0 Å². The number of nitro benzene ring substituents is 1. The molecule has 0 unspecified atom stereocenters. The normalized spacial score (nSPS) is 10.0. The highest BCUT2D eigenvalue weighted by atomic mass is 35.5. The maximum atomic E-state index is 12.2. The molecule has 0 aromatic heterocycles. The van der Waals surface area contributed by atoms with E-state index in [1.54, 1.807) is 0 Å². The number of hydrogen-bond donors (Lipinski definition) is 2. The third-order valence-corrected chi connectivity index (χ3v) is 3.85.